The Balaban J connectivity index is 1.58. The van der Waals surface area contributed by atoms with Crippen LogP contribution in [0, 0.1) is 13.8 Å². The molecule has 0 radical (unpaired) electrons. The van der Waals surface area contributed by atoms with E-state index in [4.69, 9.17) is 0 Å². The second kappa shape index (κ2) is 8.97. The van der Waals surface area contributed by atoms with Crippen LogP contribution in [0.2, 0.25) is 0 Å². The molecule has 3 aromatic carbocycles. The van der Waals surface area contributed by atoms with E-state index in [9.17, 15) is 4.79 Å². The number of aromatic nitrogens is 3. The normalized spacial score (nSPS) is 10.7. The summed E-state index contributed by atoms with van der Waals surface area (Å²) in [4.78, 5) is 12.6. The van der Waals surface area contributed by atoms with Crippen LogP contribution in [0.1, 0.15) is 11.1 Å². The molecule has 30 heavy (non-hydrogen) atoms. The van der Waals surface area contributed by atoms with Crippen LogP contribution in [0.3, 0.4) is 0 Å². The predicted molar refractivity (Wildman–Crippen MR) is 122 cm³/mol. The highest BCUT2D eigenvalue weighted by molar-refractivity contribution is 7.99. The fraction of sp³-hybridized carbons (Fsp3) is 0.125. The molecule has 0 saturated carbocycles. The van der Waals surface area contributed by atoms with Crippen molar-refractivity contribution in [1.82, 2.24) is 14.8 Å². The average molecular weight is 415 g/mol. The van der Waals surface area contributed by atoms with Gasteiger partial charge in [0.2, 0.25) is 5.91 Å². The molecule has 0 spiro atoms. The Kier molecular flexibility index (Phi) is 5.95. The van der Waals surface area contributed by atoms with E-state index in [1.165, 1.54) is 11.8 Å². The van der Waals surface area contributed by atoms with Gasteiger partial charge in [-0.25, -0.2) is 0 Å². The van der Waals surface area contributed by atoms with E-state index in [0.29, 0.717) is 5.16 Å². The van der Waals surface area contributed by atoms with Crippen molar-refractivity contribution in [3.05, 3.63) is 90.0 Å². The summed E-state index contributed by atoms with van der Waals surface area (Å²) in [6.07, 6.45) is 0. The zero-order valence-electron chi connectivity index (χ0n) is 16.9. The minimum absolute atomic E-state index is 0.0717. The van der Waals surface area contributed by atoms with Gasteiger partial charge in [0.1, 0.15) is 0 Å². The van der Waals surface area contributed by atoms with Crippen LogP contribution < -0.4 is 5.32 Å². The highest BCUT2D eigenvalue weighted by Gasteiger charge is 2.17. The summed E-state index contributed by atoms with van der Waals surface area (Å²) in [5.74, 6) is 0.921. The molecule has 4 rings (SSSR count). The first kappa shape index (κ1) is 19.9. The number of benzene rings is 3. The number of anilines is 1. The molecule has 1 N–H and O–H groups in total. The van der Waals surface area contributed by atoms with Crippen molar-refractivity contribution in [2.24, 2.45) is 0 Å². The van der Waals surface area contributed by atoms with Crippen LogP contribution in [-0.4, -0.2) is 26.4 Å². The molecule has 1 amide bonds. The van der Waals surface area contributed by atoms with Gasteiger partial charge in [-0.15, -0.1) is 10.2 Å². The van der Waals surface area contributed by atoms with Crippen molar-refractivity contribution in [3.63, 3.8) is 0 Å². The summed E-state index contributed by atoms with van der Waals surface area (Å²) < 4.78 is 1.99. The third kappa shape index (κ3) is 4.28. The second-order valence-corrected chi connectivity index (χ2v) is 7.87. The van der Waals surface area contributed by atoms with Gasteiger partial charge in [0, 0.05) is 16.9 Å². The number of para-hydroxylation sites is 1. The standard InChI is InChI=1S/C24H22N4OS/c1-17-10-9-15-21(18(17)2)25-22(29)16-30-24-27-26-23(19-11-5-3-6-12-19)28(24)20-13-7-4-8-14-20/h3-15H,16H2,1-2H3,(H,25,29). The van der Waals surface area contributed by atoms with E-state index >= 15 is 0 Å². The number of carbonyl (C=O) groups is 1. The Morgan fingerprint density at radius 1 is 0.900 bits per heavy atom. The summed E-state index contributed by atoms with van der Waals surface area (Å²) in [6.45, 7) is 4.05. The highest BCUT2D eigenvalue weighted by Crippen LogP contribution is 2.28. The zero-order chi connectivity index (χ0) is 20.9. The maximum atomic E-state index is 12.6. The SMILES string of the molecule is Cc1cccc(NC(=O)CSc2nnc(-c3ccccc3)n2-c2ccccc2)c1C. The van der Waals surface area contributed by atoms with E-state index in [2.05, 4.69) is 15.5 Å². The molecule has 4 aromatic rings. The van der Waals surface area contributed by atoms with Crippen molar-refractivity contribution in [2.45, 2.75) is 19.0 Å². The Labute approximate surface area is 180 Å². The number of rotatable bonds is 6. The van der Waals surface area contributed by atoms with Crippen molar-refractivity contribution in [3.8, 4) is 17.1 Å². The van der Waals surface area contributed by atoms with Gasteiger partial charge in [-0.2, -0.15) is 0 Å². The summed E-state index contributed by atoms with van der Waals surface area (Å²) >= 11 is 1.37. The first-order valence-corrected chi connectivity index (χ1v) is 10.7. The van der Waals surface area contributed by atoms with E-state index in [1.54, 1.807) is 0 Å². The first-order valence-electron chi connectivity index (χ1n) is 9.68. The van der Waals surface area contributed by atoms with E-state index in [0.717, 1.165) is 33.9 Å². The third-order valence-electron chi connectivity index (χ3n) is 4.89. The number of thioether (sulfide) groups is 1. The Morgan fingerprint density at radius 3 is 2.33 bits per heavy atom. The maximum absolute atomic E-state index is 12.6. The van der Waals surface area contributed by atoms with Gasteiger partial charge in [0.15, 0.2) is 11.0 Å². The van der Waals surface area contributed by atoms with Crippen LogP contribution in [0.5, 0.6) is 0 Å². The molecular weight excluding hydrogens is 392 g/mol. The number of aryl methyl sites for hydroxylation is 1. The van der Waals surface area contributed by atoms with Gasteiger partial charge in [0.05, 0.1) is 5.75 Å². The summed E-state index contributed by atoms with van der Waals surface area (Å²) in [6, 6.07) is 25.8. The van der Waals surface area contributed by atoms with Gasteiger partial charge in [-0.3, -0.25) is 9.36 Å². The Hall–Kier alpha value is -3.38. The number of amides is 1. The monoisotopic (exact) mass is 414 g/mol. The lowest BCUT2D eigenvalue weighted by molar-refractivity contribution is -0.113. The number of hydrogen-bond acceptors (Lipinski definition) is 4. The van der Waals surface area contributed by atoms with Crippen LogP contribution in [0.25, 0.3) is 17.1 Å². The first-order chi connectivity index (χ1) is 14.6. The Bertz CT molecular complexity index is 1160. The van der Waals surface area contributed by atoms with Gasteiger partial charge >= 0.3 is 0 Å². The van der Waals surface area contributed by atoms with Crippen LogP contribution >= 0.6 is 11.8 Å². The fourth-order valence-electron chi connectivity index (χ4n) is 3.15. The number of carbonyl (C=O) groups excluding carboxylic acids is 1. The summed E-state index contributed by atoms with van der Waals surface area (Å²) in [7, 11) is 0. The molecule has 0 saturated heterocycles. The van der Waals surface area contributed by atoms with Crippen molar-refractivity contribution in [2.75, 3.05) is 11.1 Å². The van der Waals surface area contributed by atoms with Gasteiger partial charge in [-0.1, -0.05) is 72.4 Å². The van der Waals surface area contributed by atoms with Gasteiger partial charge in [-0.05, 0) is 43.2 Å². The molecule has 5 nitrogen and oxygen atoms in total. The van der Waals surface area contributed by atoms with Crippen LogP contribution in [0.15, 0.2) is 84.0 Å². The van der Waals surface area contributed by atoms with Crippen LogP contribution in [-0.2, 0) is 4.79 Å². The van der Waals surface area contributed by atoms with Gasteiger partial charge in [0.25, 0.3) is 0 Å². The summed E-state index contributed by atoms with van der Waals surface area (Å²) in [5, 5.41) is 12.5. The lowest BCUT2D eigenvalue weighted by atomic mass is 10.1. The van der Waals surface area contributed by atoms with E-state index in [1.807, 2.05) is 97.3 Å². The zero-order valence-corrected chi connectivity index (χ0v) is 17.7. The number of hydrogen-bond donors (Lipinski definition) is 1. The third-order valence-corrected chi connectivity index (χ3v) is 5.82. The Morgan fingerprint density at radius 2 is 1.60 bits per heavy atom. The molecule has 150 valence electrons. The molecule has 0 aliphatic rings. The highest BCUT2D eigenvalue weighted by atomic mass is 32.2. The van der Waals surface area contributed by atoms with E-state index < -0.39 is 0 Å². The minimum Gasteiger partial charge on any atom is -0.325 e. The molecule has 0 atom stereocenters. The lowest BCUT2D eigenvalue weighted by Crippen LogP contribution is -2.15. The summed E-state index contributed by atoms with van der Waals surface area (Å²) in [5.41, 5.74) is 5.00. The number of nitrogens with zero attached hydrogens (tertiary/aromatic N) is 3. The fourth-order valence-corrected chi connectivity index (χ4v) is 3.90. The molecule has 0 aliphatic carbocycles. The predicted octanol–water partition coefficient (Wildman–Crippen LogP) is 5.28. The van der Waals surface area contributed by atoms with Crippen molar-refractivity contribution in [1.29, 1.82) is 0 Å². The minimum atomic E-state index is -0.0717. The van der Waals surface area contributed by atoms with Crippen molar-refractivity contribution >= 4 is 23.4 Å². The quantitative estimate of drug-likeness (QED) is 0.436. The molecule has 0 unspecified atom stereocenters. The second-order valence-electron chi connectivity index (χ2n) is 6.93. The smallest absolute Gasteiger partial charge is 0.234 e. The van der Waals surface area contributed by atoms with E-state index in [-0.39, 0.29) is 11.7 Å². The molecule has 0 fully saturated rings. The van der Waals surface area contributed by atoms with Crippen molar-refractivity contribution < 1.29 is 4.79 Å². The molecule has 1 aromatic heterocycles. The molecule has 1 heterocycles. The molecule has 0 aliphatic heterocycles. The number of nitrogens with one attached hydrogen (secondary N) is 1. The molecule has 6 heteroatoms. The maximum Gasteiger partial charge on any atom is 0.234 e. The largest absolute Gasteiger partial charge is 0.325 e. The topological polar surface area (TPSA) is 59.8 Å². The van der Waals surface area contributed by atoms with Crippen LogP contribution in [0.4, 0.5) is 5.69 Å². The molecular formula is C24H22N4OS. The lowest BCUT2D eigenvalue weighted by Gasteiger charge is -2.11. The molecule has 0 bridgehead atoms. The average Bonchev–Trinajstić information content (AvgIpc) is 3.21. The van der Waals surface area contributed by atoms with Gasteiger partial charge < -0.3 is 5.32 Å².